The molecular formula is C57H36N3O-. The number of hydrogen-bond acceptors (Lipinski definition) is 3. The summed E-state index contributed by atoms with van der Waals surface area (Å²) in [6, 6.07) is 66.1. The number of rotatable bonds is 6. The average molecular weight is 779 g/mol. The smallest absolute Gasteiger partial charge is 0.136 e. The molecule has 4 heteroatoms. The summed E-state index contributed by atoms with van der Waals surface area (Å²) in [5.74, 6) is 0.731. The molecule has 4 nitrogen and oxygen atoms in total. The fourth-order valence-electron chi connectivity index (χ4n) is 9.10. The Kier molecular flexibility index (Phi) is 8.20. The van der Waals surface area contributed by atoms with Crippen molar-refractivity contribution in [3.05, 3.63) is 234 Å². The summed E-state index contributed by atoms with van der Waals surface area (Å²) in [5.41, 5.74) is 15.6. The molecule has 61 heavy (non-hydrogen) atoms. The van der Waals surface area contributed by atoms with Gasteiger partial charge in [-0.15, -0.1) is 0 Å². The van der Waals surface area contributed by atoms with Crippen LogP contribution in [0.4, 0.5) is 0 Å². The maximum absolute atomic E-state index is 6.61. The van der Waals surface area contributed by atoms with Crippen molar-refractivity contribution in [3.8, 4) is 44.6 Å². The Balaban J connectivity index is 0.950. The quantitative estimate of drug-likeness (QED) is 0.158. The molecule has 1 aliphatic carbocycles. The highest BCUT2D eigenvalue weighted by molar-refractivity contribution is 6.27. The number of amidine groups is 1. The van der Waals surface area contributed by atoms with Crippen molar-refractivity contribution in [2.75, 3.05) is 0 Å². The normalized spacial score (nSPS) is 14.8. The molecule has 0 amide bonds. The Morgan fingerprint density at radius 1 is 0.443 bits per heavy atom. The predicted molar refractivity (Wildman–Crippen MR) is 254 cm³/mol. The first kappa shape index (κ1) is 34.9. The Morgan fingerprint density at radius 2 is 1.07 bits per heavy atom. The van der Waals surface area contributed by atoms with E-state index < -0.39 is 0 Å². The van der Waals surface area contributed by atoms with E-state index in [1.54, 1.807) is 0 Å². The molecule has 0 spiro atoms. The minimum absolute atomic E-state index is 0.0925. The van der Waals surface area contributed by atoms with Gasteiger partial charge in [0.15, 0.2) is 0 Å². The van der Waals surface area contributed by atoms with E-state index in [1.807, 2.05) is 12.1 Å². The molecule has 10 aromatic rings. The number of hydrogen-bond donors (Lipinski definition) is 0. The number of allylic oxidation sites excluding steroid dienone is 2. The van der Waals surface area contributed by atoms with Gasteiger partial charge in [-0.1, -0.05) is 194 Å². The zero-order valence-electron chi connectivity index (χ0n) is 33.0. The van der Waals surface area contributed by atoms with Crippen molar-refractivity contribution in [2.45, 2.75) is 6.04 Å². The third kappa shape index (κ3) is 5.99. The van der Waals surface area contributed by atoms with Gasteiger partial charge in [0.05, 0.1) is 11.2 Å². The SMILES string of the molecule is C1=CC2=C(c3ccc(-c4ccccc4)cc3)N=C(c3ccc(-c4cccc(-c5nc6ccccc6c6c(-c7ccccc7)c7c(cc56)oc5ccccc57)c4)cc3)[N-]C2C=C1. The molecule has 12 rings (SSSR count). The molecule has 2 aromatic heterocycles. The highest BCUT2D eigenvalue weighted by Crippen LogP contribution is 2.46. The molecule has 0 bridgehead atoms. The number of nitrogens with zero attached hydrogens (tertiary/aromatic N) is 3. The van der Waals surface area contributed by atoms with Gasteiger partial charge in [-0.05, 0) is 74.5 Å². The first-order valence-corrected chi connectivity index (χ1v) is 20.7. The molecule has 1 atom stereocenters. The van der Waals surface area contributed by atoms with Gasteiger partial charge < -0.3 is 14.7 Å². The van der Waals surface area contributed by atoms with Gasteiger partial charge in [-0.25, -0.2) is 4.98 Å². The fourth-order valence-corrected chi connectivity index (χ4v) is 9.10. The number of furan rings is 1. The van der Waals surface area contributed by atoms with Crippen molar-refractivity contribution in [2.24, 2.45) is 4.99 Å². The summed E-state index contributed by atoms with van der Waals surface area (Å²) in [7, 11) is 0. The van der Waals surface area contributed by atoms with Crippen LogP contribution in [-0.2, 0) is 0 Å². The molecule has 3 heterocycles. The van der Waals surface area contributed by atoms with Crippen molar-refractivity contribution in [1.82, 2.24) is 4.98 Å². The highest BCUT2D eigenvalue weighted by Gasteiger charge is 2.22. The van der Waals surface area contributed by atoms with E-state index in [2.05, 4.69) is 200 Å². The van der Waals surface area contributed by atoms with E-state index in [1.165, 1.54) is 16.5 Å². The number of pyridine rings is 1. The monoisotopic (exact) mass is 778 g/mol. The molecular weight excluding hydrogens is 743 g/mol. The minimum atomic E-state index is -0.0925. The van der Waals surface area contributed by atoms with E-state index in [0.29, 0.717) is 0 Å². The zero-order valence-corrected chi connectivity index (χ0v) is 33.0. The van der Waals surface area contributed by atoms with Crippen LogP contribution in [0.15, 0.2) is 227 Å². The first-order chi connectivity index (χ1) is 30.2. The van der Waals surface area contributed by atoms with Gasteiger partial charge in [0, 0.05) is 44.1 Å². The number of fused-ring (bicyclic) bond motifs is 7. The number of aliphatic imine (C=N–C) groups is 1. The molecule has 0 saturated heterocycles. The van der Waals surface area contributed by atoms with Crippen LogP contribution in [0.5, 0.6) is 0 Å². The molecule has 0 radical (unpaired) electrons. The number of benzene rings is 8. The van der Waals surface area contributed by atoms with Gasteiger partial charge in [0.1, 0.15) is 11.2 Å². The summed E-state index contributed by atoms with van der Waals surface area (Å²) in [6.45, 7) is 0. The molecule has 0 fully saturated rings. The Labute approximate surface area is 353 Å². The average Bonchev–Trinajstić information content (AvgIpc) is 3.71. The second-order valence-corrected chi connectivity index (χ2v) is 15.6. The second-order valence-electron chi connectivity index (χ2n) is 15.6. The maximum Gasteiger partial charge on any atom is 0.136 e. The van der Waals surface area contributed by atoms with Gasteiger partial charge in [0.25, 0.3) is 0 Å². The lowest BCUT2D eigenvalue weighted by Crippen LogP contribution is -2.19. The van der Waals surface area contributed by atoms with E-state index >= 15 is 0 Å². The first-order valence-electron chi connectivity index (χ1n) is 20.7. The van der Waals surface area contributed by atoms with E-state index in [-0.39, 0.29) is 6.04 Å². The van der Waals surface area contributed by atoms with Crippen LogP contribution in [0.3, 0.4) is 0 Å². The standard InChI is InChI=1S/C57H36N3O/c1-3-14-36(15-4-1)37-26-30-40(31-27-37)55-45-21-8-11-24-49(45)59-57(60-55)41-32-28-38(29-33-41)42-18-13-19-43(34-42)56-47-35-51-54(46-22-9-12-25-50(46)61-51)52(39-16-5-2-6-17-39)53(47)44-20-7-10-23-48(44)58-56/h1-35,49H/q-1. The van der Waals surface area contributed by atoms with Crippen LogP contribution < -0.4 is 0 Å². The molecule has 286 valence electrons. The largest absolute Gasteiger partial charge is 0.456 e. The number of para-hydroxylation sites is 2. The minimum Gasteiger partial charge on any atom is -0.456 e. The van der Waals surface area contributed by atoms with Crippen molar-refractivity contribution >= 4 is 55.1 Å². The summed E-state index contributed by atoms with van der Waals surface area (Å²) < 4.78 is 6.61. The topological polar surface area (TPSA) is 52.5 Å². The molecule has 1 unspecified atom stereocenters. The Morgan fingerprint density at radius 3 is 1.87 bits per heavy atom. The van der Waals surface area contributed by atoms with Crippen LogP contribution >= 0.6 is 0 Å². The van der Waals surface area contributed by atoms with Gasteiger partial charge >= 0.3 is 0 Å². The molecule has 1 aliphatic heterocycles. The predicted octanol–water partition coefficient (Wildman–Crippen LogP) is 15.0. The van der Waals surface area contributed by atoms with Gasteiger partial charge in [-0.3, -0.25) is 0 Å². The molecule has 0 saturated carbocycles. The van der Waals surface area contributed by atoms with Crippen LogP contribution in [-0.4, -0.2) is 16.9 Å². The summed E-state index contributed by atoms with van der Waals surface area (Å²) in [4.78, 5) is 10.6. The zero-order chi connectivity index (χ0) is 40.3. The van der Waals surface area contributed by atoms with Crippen LogP contribution in [0.25, 0.3) is 99.3 Å². The lowest BCUT2D eigenvalue weighted by Gasteiger charge is -2.36. The summed E-state index contributed by atoms with van der Waals surface area (Å²) >= 11 is 0. The van der Waals surface area contributed by atoms with Crippen molar-refractivity contribution in [1.29, 1.82) is 0 Å². The number of aromatic nitrogens is 1. The van der Waals surface area contributed by atoms with Crippen molar-refractivity contribution < 1.29 is 4.42 Å². The van der Waals surface area contributed by atoms with Crippen molar-refractivity contribution in [3.63, 3.8) is 0 Å². The fraction of sp³-hybridized carbons (Fsp3) is 0.0175. The molecule has 2 aliphatic rings. The lowest BCUT2D eigenvalue weighted by atomic mass is 9.89. The van der Waals surface area contributed by atoms with E-state index in [4.69, 9.17) is 19.7 Å². The van der Waals surface area contributed by atoms with E-state index in [0.717, 1.165) is 100.0 Å². The molecule has 8 aromatic carbocycles. The summed E-state index contributed by atoms with van der Waals surface area (Å²) in [6.07, 6.45) is 8.43. The molecule has 0 N–H and O–H groups in total. The second kappa shape index (κ2) is 14.3. The lowest BCUT2D eigenvalue weighted by molar-refractivity contribution is 0.669. The van der Waals surface area contributed by atoms with Crippen LogP contribution in [0, 0.1) is 0 Å². The van der Waals surface area contributed by atoms with E-state index in [9.17, 15) is 0 Å². The van der Waals surface area contributed by atoms with Gasteiger partial charge in [-0.2, -0.15) is 0 Å². The Bertz CT molecular complexity index is 3470. The van der Waals surface area contributed by atoms with Gasteiger partial charge in [0.2, 0.25) is 0 Å². The van der Waals surface area contributed by atoms with Crippen LogP contribution in [0.2, 0.25) is 0 Å². The third-order valence-corrected chi connectivity index (χ3v) is 12.0. The summed E-state index contributed by atoms with van der Waals surface area (Å²) in [5, 5.41) is 10.7. The maximum atomic E-state index is 6.61. The third-order valence-electron chi connectivity index (χ3n) is 12.0. The van der Waals surface area contributed by atoms with Crippen LogP contribution in [0.1, 0.15) is 11.1 Å². The highest BCUT2D eigenvalue weighted by atomic mass is 16.3. The Hall–Kier alpha value is -8.08.